The number of methoxy groups -OCH3 is 1. The van der Waals surface area contributed by atoms with Gasteiger partial charge < -0.3 is 14.5 Å². The van der Waals surface area contributed by atoms with E-state index < -0.39 is 0 Å². The van der Waals surface area contributed by atoms with Crippen LogP contribution in [0.4, 0.5) is 0 Å². The van der Waals surface area contributed by atoms with Gasteiger partial charge in [-0.3, -0.25) is 9.36 Å². The number of imidazole rings is 1. The summed E-state index contributed by atoms with van der Waals surface area (Å²) in [6.07, 6.45) is 1.72. The van der Waals surface area contributed by atoms with Crippen molar-refractivity contribution >= 4 is 28.7 Å². The molecule has 0 bridgehead atoms. The lowest BCUT2D eigenvalue weighted by Crippen LogP contribution is -2.47. The molecule has 1 fully saturated rings. The Morgan fingerprint density at radius 3 is 2.68 bits per heavy atom. The van der Waals surface area contributed by atoms with Crippen LogP contribution in [0.1, 0.15) is 16.2 Å². The number of carbonyl (C=O) groups is 1. The van der Waals surface area contributed by atoms with Crippen molar-refractivity contribution in [3.05, 3.63) is 46.9 Å². The first kappa shape index (κ1) is 18.7. The summed E-state index contributed by atoms with van der Waals surface area (Å²) < 4.78 is 7.43. The van der Waals surface area contributed by atoms with Gasteiger partial charge in [0.2, 0.25) is 0 Å². The van der Waals surface area contributed by atoms with Gasteiger partial charge in [-0.25, -0.2) is 9.97 Å². The van der Waals surface area contributed by atoms with Crippen LogP contribution in [0, 0.1) is 6.92 Å². The normalized spacial score (nSPS) is 15.2. The monoisotopic (exact) mass is 399 g/mol. The van der Waals surface area contributed by atoms with Crippen molar-refractivity contribution < 1.29 is 9.53 Å². The smallest absolute Gasteiger partial charge is 0.257 e. The number of rotatable bonds is 3. The Morgan fingerprint density at radius 1 is 1.21 bits per heavy atom. The van der Waals surface area contributed by atoms with Crippen molar-refractivity contribution in [1.82, 2.24) is 24.3 Å². The highest BCUT2D eigenvalue weighted by molar-refractivity contribution is 6.33. The van der Waals surface area contributed by atoms with Gasteiger partial charge in [0.1, 0.15) is 17.1 Å². The maximum atomic E-state index is 13.1. The molecule has 146 valence electrons. The molecular weight excluding hydrogens is 378 g/mol. The van der Waals surface area contributed by atoms with Crippen LogP contribution >= 0.6 is 11.6 Å². The molecule has 3 aromatic rings. The van der Waals surface area contributed by atoms with E-state index in [1.165, 1.54) is 0 Å². The van der Waals surface area contributed by atoms with Crippen LogP contribution in [-0.4, -0.2) is 70.6 Å². The van der Waals surface area contributed by atoms with Crippen LogP contribution in [0.15, 0.2) is 30.5 Å². The number of halogens is 1. The molecule has 4 rings (SSSR count). The predicted molar refractivity (Wildman–Crippen MR) is 109 cm³/mol. The first-order valence-electron chi connectivity index (χ1n) is 9.15. The molecule has 1 aliphatic rings. The summed E-state index contributed by atoms with van der Waals surface area (Å²) in [4.78, 5) is 26.1. The summed E-state index contributed by atoms with van der Waals surface area (Å²) in [7, 11) is 3.62. The Morgan fingerprint density at radius 2 is 1.96 bits per heavy atom. The fraction of sp³-hybridized carbons (Fsp3) is 0.350. The number of nitrogens with zero attached hydrogens (tertiary/aromatic N) is 5. The Hall–Kier alpha value is -2.64. The van der Waals surface area contributed by atoms with Crippen molar-refractivity contribution in [2.75, 3.05) is 40.3 Å². The van der Waals surface area contributed by atoms with Gasteiger partial charge in [-0.2, -0.15) is 0 Å². The maximum absolute atomic E-state index is 13.1. The average Bonchev–Trinajstić information content (AvgIpc) is 3.03. The number of hydrogen-bond acceptors (Lipinski definition) is 5. The van der Waals surface area contributed by atoms with Crippen molar-refractivity contribution in [2.45, 2.75) is 6.92 Å². The molecule has 8 heteroatoms. The number of likely N-dealkylation sites (N-methyl/N-ethyl adjacent to an activating group) is 1. The zero-order valence-corrected chi connectivity index (χ0v) is 16.9. The zero-order chi connectivity index (χ0) is 19.8. The number of benzene rings is 1. The van der Waals surface area contributed by atoms with Gasteiger partial charge in [0, 0.05) is 38.4 Å². The first-order chi connectivity index (χ1) is 13.5. The highest BCUT2D eigenvalue weighted by atomic mass is 35.5. The minimum Gasteiger partial charge on any atom is -0.496 e. The maximum Gasteiger partial charge on any atom is 0.257 e. The average molecular weight is 400 g/mol. The van der Waals surface area contributed by atoms with Gasteiger partial charge in [-0.15, -0.1) is 0 Å². The molecule has 1 amide bonds. The Kier molecular flexibility index (Phi) is 4.95. The number of hydrogen-bond donors (Lipinski definition) is 0. The van der Waals surface area contributed by atoms with E-state index in [9.17, 15) is 4.79 Å². The van der Waals surface area contributed by atoms with E-state index in [4.69, 9.17) is 16.3 Å². The number of aryl methyl sites for hydroxylation is 1. The molecule has 0 spiro atoms. The van der Waals surface area contributed by atoms with Crippen LogP contribution in [0.3, 0.4) is 0 Å². The first-order valence-corrected chi connectivity index (χ1v) is 9.53. The standard InChI is InChI=1S/C20H22ClN5O2/c1-13-23-16-5-4-6-22-19(16)26(13)17-12-18(28-3)14(11-15(17)21)20(27)25-9-7-24(2)8-10-25/h4-6,11-12H,7-10H2,1-3H3. The second-order valence-corrected chi connectivity index (χ2v) is 7.35. The fourth-order valence-corrected chi connectivity index (χ4v) is 3.79. The van der Waals surface area contributed by atoms with E-state index >= 15 is 0 Å². The topological polar surface area (TPSA) is 63.5 Å². The number of piperazine rings is 1. The minimum atomic E-state index is -0.0660. The summed E-state index contributed by atoms with van der Waals surface area (Å²) in [6.45, 7) is 4.98. The van der Waals surface area contributed by atoms with E-state index in [1.54, 1.807) is 25.4 Å². The molecule has 0 unspecified atom stereocenters. The molecule has 0 saturated carbocycles. The molecule has 0 radical (unpaired) electrons. The van der Waals surface area contributed by atoms with E-state index in [0.29, 0.717) is 40.8 Å². The highest BCUT2D eigenvalue weighted by Gasteiger charge is 2.25. The molecule has 0 aliphatic carbocycles. The summed E-state index contributed by atoms with van der Waals surface area (Å²) in [5.74, 6) is 1.18. The van der Waals surface area contributed by atoms with Crippen LogP contribution in [0.5, 0.6) is 5.75 Å². The largest absolute Gasteiger partial charge is 0.496 e. The highest BCUT2D eigenvalue weighted by Crippen LogP contribution is 2.33. The van der Waals surface area contributed by atoms with Crippen LogP contribution in [-0.2, 0) is 0 Å². The number of carbonyl (C=O) groups excluding carboxylic acids is 1. The van der Waals surface area contributed by atoms with Gasteiger partial charge in [0.25, 0.3) is 5.91 Å². The molecule has 1 saturated heterocycles. The number of fused-ring (bicyclic) bond motifs is 1. The number of pyridine rings is 1. The van der Waals surface area contributed by atoms with Gasteiger partial charge in [0.15, 0.2) is 5.65 Å². The third-order valence-corrected chi connectivity index (χ3v) is 5.42. The van der Waals surface area contributed by atoms with Crippen molar-refractivity contribution in [3.8, 4) is 11.4 Å². The van der Waals surface area contributed by atoms with E-state index in [-0.39, 0.29) is 5.91 Å². The van der Waals surface area contributed by atoms with E-state index in [2.05, 4.69) is 21.9 Å². The van der Waals surface area contributed by atoms with Crippen molar-refractivity contribution in [1.29, 1.82) is 0 Å². The Bertz CT molecular complexity index is 1040. The second-order valence-electron chi connectivity index (χ2n) is 6.94. The third kappa shape index (κ3) is 3.21. The van der Waals surface area contributed by atoms with Gasteiger partial charge in [-0.1, -0.05) is 11.6 Å². The summed E-state index contributed by atoms with van der Waals surface area (Å²) in [6, 6.07) is 7.22. The zero-order valence-electron chi connectivity index (χ0n) is 16.1. The van der Waals surface area contributed by atoms with E-state index in [0.717, 1.165) is 24.4 Å². The fourth-order valence-electron chi connectivity index (χ4n) is 3.54. The number of ether oxygens (including phenoxy) is 1. The molecule has 2 aromatic heterocycles. The lowest BCUT2D eigenvalue weighted by Gasteiger charge is -2.32. The van der Waals surface area contributed by atoms with Crippen molar-refractivity contribution in [2.24, 2.45) is 0 Å². The quantitative estimate of drug-likeness (QED) is 0.677. The molecule has 7 nitrogen and oxygen atoms in total. The SMILES string of the molecule is COc1cc(-n2c(C)nc3cccnc32)c(Cl)cc1C(=O)N1CCN(C)CC1. The Labute approximate surface area is 168 Å². The molecule has 28 heavy (non-hydrogen) atoms. The second kappa shape index (κ2) is 7.41. The van der Waals surface area contributed by atoms with Gasteiger partial charge in [-0.05, 0) is 32.2 Å². The minimum absolute atomic E-state index is 0.0660. The lowest BCUT2D eigenvalue weighted by molar-refractivity contribution is 0.0661. The lowest BCUT2D eigenvalue weighted by atomic mass is 10.1. The molecule has 1 aliphatic heterocycles. The predicted octanol–water partition coefficient (Wildman–Crippen LogP) is 2.78. The molecule has 0 N–H and O–H groups in total. The van der Waals surface area contributed by atoms with Crippen LogP contribution in [0.25, 0.3) is 16.9 Å². The Balaban J connectivity index is 1.77. The van der Waals surface area contributed by atoms with Gasteiger partial charge in [0.05, 0.1) is 23.4 Å². The molecule has 3 heterocycles. The van der Waals surface area contributed by atoms with Crippen LogP contribution in [0.2, 0.25) is 5.02 Å². The number of aromatic nitrogens is 3. The van der Waals surface area contributed by atoms with Crippen molar-refractivity contribution in [3.63, 3.8) is 0 Å². The summed E-state index contributed by atoms with van der Waals surface area (Å²) >= 11 is 6.62. The molecular formula is C20H22ClN5O2. The summed E-state index contributed by atoms with van der Waals surface area (Å²) in [5, 5.41) is 0.450. The third-order valence-electron chi connectivity index (χ3n) is 5.11. The molecule has 1 aromatic carbocycles. The number of amides is 1. The molecule has 0 atom stereocenters. The van der Waals surface area contributed by atoms with Gasteiger partial charge >= 0.3 is 0 Å². The van der Waals surface area contributed by atoms with Crippen LogP contribution < -0.4 is 4.74 Å². The van der Waals surface area contributed by atoms with E-state index in [1.807, 2.05) is 28.5 Å². The summed E-state index contributed by atoms with van der Waals surface area (Å²) in [5.41, 5.74) is 2.65.